The minimum Gasteiger partial charge on any atom is -0.376 e. The van der Waals surface area contributed by atoms with Crippen LogP contribution in [0.2, 0.25) is 5.15 Å². The number of fused-ring (bicyclic) bond motifs is 2. The molecule has 0 saturated heterocycles. The average molecular weight is 297 g/mol. The van der Waals surface area contributed by atoms with Crippen LogP contribution in [0.1, 0.15) is 11.3 Å². The Morgan fingerprint density at radius 3 is 2.81 bits per heavy atom. The van der Waals surface area contributed by atoms with Gasteiger partial charge in [0.15, 0.2) is 5.82 Å². The highest BCUT2D eigenvalue weighted by Crippen LogP contribution is 2.30. The average Bonchev–Trinajstić information content (AvgIpc) is 2.54. The number of hydrogen-bond acceptors (Lipinski definition) is 3. The minimum absolute atomic E-state index is 0.502. The summed E-state index contributed by atoms with van der Waals surface area (Å²) in [6.07, 6.45) is 0.787. The van der Waals surface area contributed by atoms with Crippen LogP contribution >= 0.6 is 11.6 Å². The number of halogens is 1. The Morgan fingerprint density at radius 1 is 1.00 bits per heavy atom. The minimum atomic E-state index is 0.502. The molecule has 1 aliphatic heterocycles. The largest absolute Gasteiger partial charge is 0.376 e. The van der Waals surface area contributed by atoms with Crippen LogP contribution in [-0.4, -0.2) is 16.6 Å². The monoisotopic (exact) mass is 296 g/mol. The molecule has 3 nitrogen and oxygen atoms in total. The van der Waals surface area contributed by atoms with Gasteiger partial charge in [-0.3, -0.25) is 0 Å². The zero-order valence-corrected chi connectivity index (χ0v) is 12.1. The van der Waals surface area contributed by atoms with Crippen molar-refractivity contribution in [2.75, 3.05) is 6.61 Å². The van der Waals surface area contributed by atoms with Crippen LogP contribution in [0.4, 0.5) is 0 Å². The third-order valence-electron chi connectivity index (χ3n) is 3.80. The van der Waals surface area contributed by atoms with Gasteiger partial charge in [-0.05, 0) is 10.8 Å². The van der Waals surface area contributed by atoms with Crippen molar-refractivity contribution in [1.29, 1.82) is 0 Å². The number of ether oxygens (including phenoxy) is 1. The van der Waals surface area contributed by atoms with Gasteiger partial charge in [0, 0.05) is 17.5 Å². The predicted molar refractivity (Wildman–Crippen MR) is 83.3 cm³/mol. The third kappa shape index (κ3) is 2.19. The topological polar surface area (TPSA) is 35.0 Å². The van der Waals surface area contributed by atoms with Crippen molar-refractivity contribution in [2.45, 2.75) is 13.0 Å². The van der Waals surface area contributed by atoms with Gasteiger partial charge >= 0.3 is 0 Å². The lowest BCUT2D eigenvalue weighted by Crippen LogP contribution is -2.14. The molecule has 0 amide bonds. The number of aromatic nitrogens is 2. The van der Waals surface area contributed by atoms with Crippen LogP contribution < -0.4 is 0 Å². The second-order valence-electron chi connectivity index (χ2n) is 5.09. The fraction of sp³-hybridized carbons (Fsp3) is 0.176. The van der Waals surface area contributed by atoms with Crippen molar-refractivity contribution < 1.29 is 4.74 Å². The van der Waals surface area contributed by atoms with E-state index in [0.29, 0.717) is 24.2 Å². The van der Waals surface area contributed by atoms with E-state index in [-0.39, 0.29) is 0 Å². The zero-order valence-electron chi connectivity index (χ0n) is 11.3. The van der Waals surface area contributed by atoms with Gasteiger partial charge in [0.1, 0.15) is 5.15 Å². The summed E-state index contributed by atoms with van der Waals surface area (Å²) in [5, 5.41) is 2.82. The summed E-state index contributed by atoms with van der Waals surface area (Å²) in [6, 6.07) is 14.4. The van der Waals surface area contributed by atoms with Crippen molar-refractivity contribution in [3.05, 3.63) is 58.9 Å². The Kier molecular flexibility index (Phi) is 3.09. The first-order valence-electron chi connectivity index (χ1n) is 6.94. The molecular formula is C17H13ClN2O. The summed E-state index contributed by atoms with van der Waals surface area (Å²) >= 11 is 6.32. The quantitative estimate of drug-likeness (QED) is 0.636. The SMILES string of the molecule is Clc1nc(-c2cccc3ccccc23)nc2c1COCC2. The maximum atomic E-state index is 6.32. The molecule has 4 heteroatoms. The second kappa shape index (κ2) is 5.10. The molecule has 21 heavy (non-hydrogen) atoms. The van der Waals surface area contributed by atoms with Gasteiger partial charge in [-0.2, -0.15) is 0 Å². The Labute approximate surface area is 127 Å². The van der Waals surface area contributed by atoms with E-state index in [2.05, 4.69) is 23.2 Å². The molecule has 0 N–H and O–H groups in total. The molecule has 2 heterocycles. The molecule has 0 saturated carbocycles. The molecule has 4 rings (SSSR count). The molecule has 0 unspecified atom stereocenters. The van der Waals surface area contributed by atoms with Crippen molar-refractivity contribution >= 4 is 22.4 Å². The molecule has 1 aromatic heterocycles. The standard InChI is InChI=1S/C17H13ClN2O/c18-16-14-10-21-9-8-15(14)19-17(20-16)13-7-3-5-11-4-1-2-6-12(11)13/h1-7H,8-10H2. The van der Waals surface area contributed by atoms with Gasteiger partial charge < -0.3 is 4.74 Å². The van der Waals surface area contributed by atoms with Gasteiger partial charge in [-0.1, -0.05) is 54.1 Å². The lowest BCUT2D eigenvalue weighted by Gasteiger charge is -2.17. The van der Waals surface area contributed by atoms with Crippen molar-refractivity contribution in [3.63, 3.8) is 0 Å². The van der Waals surface area contributed by atoms with Crippen molar-refractivity contribution in [3.8, 4) is 11.4 Å². The highest BCUT2D eigenvalue weighted by atomic mass is 35.5. The summed E-state index contributed by atoms with van der Waals surface area (Å²) < 4.78 is 5.43. The lowest BCUT2D eigenvalue weighted by molar-refractivity contribution is 0.109. The van der Waals surface area contributed by atoms with E-state index in [0.717, 1.165) is 28.6 Å². The summed E-state index contributed by atoms with van der Waals surface area (Å²) in [6.45, 7) is 1.19. The van der Waals surface area contributed by atoms with E-state index < -0.39 is 0 Å². The number of hydrogen-bond donors (Lipinski definition) is 0. The molecule has 0 fully saturated rings. The number of benzene rings is 2. The van der Waals surface area contributed by atoms with Gasteiger partial charge in [-0.25, -0.2) is 9.97 Å². The fourth-order valence-electron chi connectivity index (χ4n) is 2.73. The van der Waals surface area contributed by atoms with E-state index in [1.165, 1.54) is 5.39 Å². The Hall–Kier alpha value is -1.97. The molecular weight excluding hydrogens is 284 g/mol. The van der Waals surface area contributed by atoms with E-state index in [1.807, 2.05) is 24.3 Å². The normalized spacial score (nSPS) is 14.1. The van der Waals surface area contributed by atoms with Gasteiger partial charge in [0.05, 0.1) is 18.9 Å². The Morgan fingerprint density at radius 2 is 1.86 bits per heavy atom. The molecule has 0 spiro atoms. The van der Waals surface area contributed by atoms with Crippen LogP contribution in [0.3, 0.4) is 0 Å². The highest BCUT2D eigenvalue weighted by molar-refractivity contribution is 6.30. The Bertz CT molecular complexity index is 827. The highest BCUT2D eigenvalue weighted by Gasteiger charge is 2.18. The first-order valence-corrected chi connectivity index (χ1v) is 7.32. The molecule has 0 bridgehead atoms. The molecule has 0 radical (unpaired) electrons. The van der Waals surface area contributed by atoms with Crippen LogP contribution in [0.15, 0.2) is 42.5 Å². The smallest absolute Gasteiger partial charge is 0.161 e. The lowest BCUT2D eigenvalue weighted by atomic mass is 10.0. The van der Waals surface area contributed by atoms with Crippen molar-refractivity contribution in [1.82, 2.24) is 9.97 Å². The van der Waals surface area contributed by atoms with Crippen LogP contribution in [0.5, 0.6) is 0 Å². The van der Waals surface area contributed by atoms with Gasteiger partial charge in [0.25, 0.3) is 0 Å². The molecule has 104 valence electrons. The maximum absolute atomic E-state index is 6.32. The van der Waals surface area contributed by atoms with E-state index >= 15 is 0 Å². The summed E-state index contributed by atoms with van der Waals surface area (Å²) in [4.78, 5) is 9.20. The second-order valence-corrected chi connectivity index (χ2v) is 5.45. The van der Waals surface area contributed by atoms with Crippen LogP contribution in [-0.2, 0) is 17.8 Å². The van der Waals surface area contributed by atoms with Gasteiger partial charge in [-0.15, -0.1) is 0 Å². The van der Waals surface area contributed by atoms with Crippen LogP contribution in [0.25, 0.3) is 22.2 Å². The third-order valence-corrected chi connectivity index (χ3v) is 4.12. The summed E-state index contributed by atoms with van der Waals surface area (Å²) in [5.41, 5.74) is 2.94. The predicted octanol–water partition coefficient (Wildman–Crippen LogP) is 4.02. The molecule has 0 atom stereocenters. The Balaban J connectivity index is 1.95. The first kappa shape index (κ1) is 12.7. The van der Waals surface area contributed by atoms with E-state index in [9.17, 15) is 0 Å². The van der Waals surface area contributed by atoms with Crippen molar-refractivity contribution in [2.24, 2.45) is 0 Å². The molecule has 3 aromatic rings. The van der Waals surface area contributed by atoms with E-state index in [1.54, 1.807) is 0 Å². The van der Waals surface area contributed by atoms with Crippen LogP contribution in [0, 0.1) is 0 Å². The maximum Gasteiger partial charge on any atom is 0.161 e. The summed E-state index contributed by atoms with van der Waals surface area (Å²) in [7, 11) is 0. The fourth-order valence-corrected chi connectivity index (χ4v) is 2.98. The van der Waals surface area contributed by atoms with Gasteiger partial charge in [0.2, 0.25) is 0 Å². The molecule has 2 aromatic carbocycles. The summed E-state index contributed by atoms with van der Waals surface area (Å²) in [5.74, 6) is 0.692. The molecule has 1 aliphatic rings. The first-order chi connectivity index (χ1) is 10.3. The zero-order chi connectivity index (χ0) is 14.2. The molecule has 0 aliphatic carbocycles. The number of nitrogens with zero attached hydrogens (tertiary/aromatic N) is 2. The van der Waals surface area contributed by atoms with E-state index in [4.69, 9.17) is 21.3 Å². The number of rotatable bonds is 1.